The van der Waals surface area contributed by atoms with Gasteiger partial charge in [0.25, 0.3) is 5.91 Å². The average molecular weight is 377 g/mol. The monoisotopic (exact) mass is 376 g/mol. The summed E-state index contributed by atoms with van der Waals surface area (Å²) in [5.74, 6) is 2.34. The third-order valence-electron chi connectivity index (χ3n) is 4.11. The number of aromatic nitrogens is 1. The van der Waals surface area contributed by atoms with Gasteiger partial charge in [-0.1, -0.05) is 59.2 Å². The molecule has 4 aromatic rings. The molecule has 0 fully saturated rings. The molecule has 1 aromatic heterocycles. The van der Waals surface area contributed by atoms with Crippen LogP contribution < -0.4 is 4.80 Å². The number of thiazole rings is 1. The van der Waals surface area contributed by atoms with Crippen LogP contribution in [0.5, 0.6) is 0 Å². The maximum atomic E-state index is 12.6. The van der Waals surface area contributed by atoms with E-state index in [1.54, 1.807) is 24.3 Å². The number of halogens is 1. The molecule has 1 amide bonds. The van der Waals surface area contributed by atoms with Gasteiger partial charge >= 0.3 is 0 Å². The Balaban J connectivity index is 1.95. The second-order valence-electron chi connectivity index (χ2n) is 5.73. The van der Waals surface area contributed by atoms with Crippen LogP contribution in [0.1, 0.15) is 10.4 Å². The highest BCUT2D eigenvalue weighted by molar-refractivity contribution is 7.17. The smallest absolute Gasteiger partial charge is 0.279 e. The molecule has 0 bridgehead atoms. The van der Waals surface area contributed by atoms with E-state index in [0.29, 0.717) is 21.9 Å². The van der Waals surface area contributed by atoms with Crippen molar-refractivity contribution in [1.29, 1.82) is 0 Å². The Bertz CT molecular complexity index is 1240. The molecule has 3 aromatic carbocycles. The standard InChI is InChI=1S/C21H13ClN2OS/c1-2-13-24-18-12-9-14-5-3-4-6-17(14)19(18)26-21(24)23-20(25)15-7-10-16(22)11-8-15/h1,3-12H,13H2. The molecular weight excluding hydrogens is 364 g/mol. The van der Waals surface area contributed by atoms with Crippen molar-refractivity contribution < 1.29 is 4.79 Å². The SMILES string of the molecule is C#CCn1c(=NC(=O)c2ccc(Cl)cc2)sc2c3ccccc3ccc21. The second-order valence-corrected chi connectivity index (χ2v) is 7.15. The van der Waals surface area contributed by atoms with Crippen molar-refractivity contribution in [2.45, 2.75) is 6.54 Å². The highest BCUT2D eigenvalue weighted by Gasteiger charge is 2.11. The van der Waals surface area contributed by atoms with Crippen molar-refractivity contribution in [3.63, 3.8) is 0 Å². The van der Waals surface area contributed by atoms with E-state index in [1.807, 2.05) is 22.8 Å². The van der Waals surface area contributed by atoms with Gasteiger partial charge in [-0.25, -0.2) is 0 Å². The summed E-state index contributed by atoms with van der Waals surface area (Å²) >= 11 is 7.36. The van der Waals surface area contributed by atoms with Crippen molar-refractivity contribution in [1.82, 2.24) is 4.57 Å². The lowest BCUT2D eigenvalue weighted by molar-refractivity contribution is 0.0998. The van der Waals surface area contributed by atoms with Gasteiger partial charge in [-0.2, -0.15) is 4.99 Å². The van der Waals surface area contributed by atoms with Crippen LogP contribution in [0.25, 0.3) is 21.0 Å². The molecule has 4 rings (SSSR count). The fraction of sp³-hybridized carbons (Fsp3) is 0.0476. The van der Waals surface area contributed by atoms with Gasteiger partial charge < -0.3 is 4.57 Å². The Hall–Kier alpha value is -2.87. The number of hydrogen-bond acceptors (Lipinski definition) is 2. The van der Waals surface area contributed by atoms with Gasteiger partial charge in [0.15, 0.2) is 4.80 Å². The van der Waals surface area contributed by atoms with Crippen LogP contribution in [0.2, 0.25) is 5.02 Å². The minimum atomic E-state index is -0.316. The lowest BCUT2D eigenvalue weighted by atomic mass is 10.1. The minimum absolute atomic E-state index is 0.316. The van der Waals surface area contributed by atoms with Crippen molar-refractivity contribution in [3.05, 3.63) is 76.1 Å². The number of terminal acetylenes is 1. The molecule has 0 N–H and O–H groups in total. The summed E-state index contributed by atoms with van der Waals surface area (Å²) in [6.45, 7) is 0.352. The largest absolute Gasteiger partial charge is 0.305 e. The van der Waals surface area contributed by atoms with Crippen LogP contribution in [0, 0.1) is 12.3 Å². The van der Waals surface area contributed by atoms with Crippen LogP contribution in [0.15, 0.2) is 65.7 Å². The predicted molar refractivity (Wildman–Crippen MR) is 107 cm³/mol. The molecular formula is C21H13ClN2OS. The van der Waals surface area contributed by atoms with Crippen LogP contribution >= 0.6 is 22.9 Å². The summed E-state index contributed by atoms with van der Waals surface area (Å²) in [5, 5.41) is 2.85. The van der Waals surface area contributed by atoms with Crippen molar-refractivity contribution in [2.24, 2.45) is 4.99 Å². The Kier molecular flexibility index (Phi) is 4.34. The Labute approximate surface area is 159 Å². The topological polar surface area (TPSA) is 34.4 Å². The van der Waals surface area contributed by atoms with Crippen molar-refractivity contribution >= 4 is 49.8 Å². The molecule has 0 atom stereocenters. The van der Waals surface area contributed by atoms with Crippen molar-refractivity contribution in [3.8, 4) is 12.3 Å². The van der Waals surface area contributed by atoms with Crippen molar-refractivity contribution in [2.75, 3.05) is 0 Å². The number of nitrogens with zero attached hydrogens (tertiary/aromatic N) is 2. The van der Waals surface area contributed by atoms with E-state index in [1.165, 1.54) is 11.3 Å². The summed E-state index contributed by atoms with van der Waals surface area (Å²) in [6.07, 6.45) is 5.54. The molecule has 0 spiro atoms. The molecule has 0 radical (unpaired) electrons. The number of amides is 1. The van der Waals surface area contributed by atoms with E-state index in [2.05, 4.69) is 29.1 Å². The number of carbonyl (C=O) groups excluding carboxylic acids is 1. The molecule has 26 heavy (non-hydrogen) atoms. The number of carbonyl (C=O) groups is 1. The Morgan fingerprint density at radius 1 is 1.12 bits per heavy atom. The maximum absolute atomic E-state index is 12.6. The summed E-state index contributed by atoms with van der Waals surface area (Å²) in [5.41, 5.74) is 1.47. The average Bonchev–Trinajstić information content (AvgIpc) is 3.00. The lowest BCUT2D eigenvalue weighted by Crippen LogP contribution is -2.16. The van der Waals surface area contributed by atoms with Crippen LogP contribution in [-0.4, -0.2) is 10.5 Å². The van der Waals surface area contributed by atoms with Gasteiger partial charge in [-0.05, 0) is 35.7 Å². The first-order valence-electron chi connectivity index (χ1n) is 7.96. The third-order valence-corrected chi connectivity index (χ3v) is 5.49. The highest BCUT2D eigenvalue weighted by atomic mass is 35.5. The molecule has 0 aliphatic carbocycles. The molecule has 0 aliphatic rings. The number of fused-ring (bicyclic) bond motifs is 3. The summed E-state index contributed by atoms with van der Waals surface area (Å²) in [4.78, 5) is 17.5. The number of hydrogen-bond donors (Lipinski definition) is 0. The van der Waals surface area contributed by atoms with E-state index < -0.39 is 0 Å². The Morgan fingerprint density at radius 3 is 2.65 bits per heavy atom. The number of benzene rings is 3. The quantitative estimate of drug-likeness (QED) is 0.459. The van der Waals surface area contributed by atoms with Gasteiger partial charge in [0.1, 0.15) is 0 Å². The molecule has 1 heterocycles. The fourth-order valence-corrected chi connectivity index (χ4v) is 4.16. The van der Waals surface area contributed by atoms with E-state index in [0.717, 1.165) is 21.0 Å². The zero-order valence-electron chi connectivity index (χ0n) is 13.6. The fourth-order valence-electron chi connectivity index (χ4n) is 2.87. The van der Waals surface area contributed by atoms with Gasteiger partial charge in [0.05, 0.1) is 16.8 Å². The minimum Gasteiger partial charge on any atom is -0.305 e. The molecule has 5 heteroatoms. The van der Waals surface area contributed by atoms with E-state index in [-0.39, 0.29) is 5.91 Å². The lowest BCUT2D eigenvalue weighted by Gasteiger charge is -2.02. The van der Waals surface area contributed by atoms with Gasteiger partial charge in [-0.15, -0.1) is 6.42 Å². The summed E-state index contributed by atoms with van der Waals surface area (Å²) in [7, 11) is 0. The van der Waals surface area contributed by atoms with E-state index in [9.17, 15) is 4.79 Å². The van der Waals surface area contributed by atoms with Gasteiger partial charge in [0, 0.05) is 16.0 Å². The summed E-state index contributed by atoms with van der Waals surface area (Å²) in [6, 6.07) is 18.9. The molecule has 126 valence electrons. The number of rotatable bonds is 2. The normalized spacial score (nSPS) is 11.8. The maximum Gasteiger partial charge on any atom is 0.279 e. The molecule has 0 unspecified atom stereocenters. The van der Waals surface area contributed by atoms with Crippen LogP contribution in [0.4, 0.5) is 0 Å². The molecule has 3 nitrogen and oxygen atoms in total. The highest BCUT2D eigenvalue weighted by Crippen LogP contribution is 2.27. The van der Waals surface area contributed by atoms with Gasteiger partial charge in [-0.3, -0.25) is 4.79 Å². The Morgan fingerprint density at radius 2 is 1.88 bits per heavy atom. The van der Waals surface area contributed by atoms with Gasteiger partial charge in [0.2, 0.25) is 0 Å². The van der Waals surface area contributed by atoms with E-state index in [4.69, 9.17) is 18.0 Å². The zero-order valence-corrected chi connectivity index (χ0v) is 15.2. The molecule has 0 saturated heterocycles. The first-order valence-corrected chi connectivity index (χ1v) is 9.16. The third kappa shape index (κ3) is 2.92. The predicted octanol–water partition coefficient (Wildman–Crippen LogP) is 4.88. The second kappa shape index (κ2) is 6.80. The molecule has 0 saturated carbocycles. The summed E-state index contributed by atoms with van der Waals surface area (Å²) < 4.78 is 2.97. The van der Waals surface area contributed by atoms with Crippen LogP contribution in [-0.2, 0) is 6.54 Å². The first kappa shape index (κ1) is 16.6. The first-order chi connectivity index (χ1) is 12.7. The van der Waals surface area contributed by atoms with Crippen LogP contribution in [0.3, 0.4) is 0 Å². The molecule has 0 aliphatic heterocycles. The van der Waals surface area contributed by atoms with E-state index >= 15 is 0 Å². The zero-order chi connectivity index (χ0) is 18.1.